The molecule has 34 heavy (non-hydrogen) atoms. The van der Waals surface area contributed by atoms with Crippen LogP contribution in [-0.2, 0) is 4.79 Å². The van der Waals surface area contributed by atoms with Crippen molar-refractivity contribution in [3.63, 3.8) is 0 Å². The summed E-state index contributed by atoms with van der Waals surface area (Å²) in [4.78, 5) is 52.2. The number of carbonyl (C=O) groups is 2. The number of pyridine rings is 3. The summed E-state index contributed by atoms with van der Waals surface area (Å²) in [5, 5.41) is 13.0. The van der Waals surface area contributed by atoms with E-state index in [1.165, 1.54) is 17.1 Å². The average molecular weight is 478 g/mol. The van der Waals surface area contributed by atoms with Gasteiger partial charge in [-0.15, -0.1) is 0 Å². The van der Waals surface area contributed by atoms with Gasteiger partial charge in [0, 0.05) is 36.5 Å². The number of anilines is 2. The van der Waals surface area contributed by atoms with Crippen LogP contribution in [0, 0.1) is 19.8 Å². The molecule has 0 saturated carbocycles. The number of amides is 1. The highest BCUT2D eigenvalue weighted by Gasteiger charge is 2.34. The van der Waals surface area contributed by atoms with Gasteiger partial charge in [0.2, 0.25) is 16.5 Å². The normalized spacial score (nSPS) is 13.6. The second-order valence-electron chi connectivity index (χ2n) is 8.02. The van der Waals surface area contributed by atoms with Gasteiger partial charge >= 0.3 is 5.97 Å². The number of carbonyl (C=O) groups excluding carboxylic acids is 1. The summed E-state index contributed by atoms with van der Waals surface area (Å²) in [5.74, 6) is -0.584. The summed E-state index contributed by atoms with van der Waals surface area (Å²) in [6, 6.07) is 7.17. The molecule has 11 nitrogen and oxygen atoms in total. The van der Waals surface area contributed by atoms with E-state index in [0.717, 1.165) is 17.2 Å². The van der Waals surface area contributed by atoms with Crippen LogP contribution in [0.1, 0.15) is 21.6 Å². The Morgan fingerprint density at radius 1 is 1.21 bits per heavy atom. The minimum atomic E-state index is -1.33. The summed E-state index contributed by atoms with van der Waals surface area (Å²) in [7, 11) is 0. The Kier molecular flexibility index (Phi) is 5.28. The fourth-order valence-electron chi connectivity index (χ4n) is 3.88. The molecular formula is C22H19N7O4S. The first kappa shape index (κ1) is 21.6. The Morgan fingerprint density at radius 2 is 2.00 bits per heavy atom. The van der Waals surface area contributed by atoms with Crippen molar-refractivity contribution in [3.05, 3.63) is 63.8 Å². The maximum Gasteiger partial charge on any atom is 0.341 e. The van der Waals surface area contributed by atoms with Crippen LogP contribution >= 0.6 is 11.5 Å². The van der Waals surface area contributed by atoms with E-state index >= 15 is 0 Å². The number of nitrogens with zero attached hydrogens (tertiary/aromatic N) is 6. The maximum absolute atomic E-state index is 12.9. The lowest BCUT2D eigenvalue weighted by molar-refractivity contribution is -0.120. The number of aromatic carboxylic acids is 1. The average Bonchev–Trinajstić information content (AvgIpc) is 3.27. The van der Waals surface area contributed by atoms with Crippen molar-refractivity contribution in [2.45, 2.75) is 13.8 Å². The molecule has 1 saturated heterocycles. The quantitative estimate of drug-likeness (QED) is 0.441. The third-order valence-electron chi connectivity index (χ3n) is 5.64. The Bertz CT molecular complexity index is 1490. The summed E-state index contributed by atoms with van der Waals surface area (Å²) in [5.41, 5.74) is 0.718. The SMILES string of the molecule is Cc1cccc(NC(=O)C2CN(c3cc(C)c4c(=O)c(C(=O)O)cn(-c5ncns5)c4n3)C2)n1. The first-order valence-corrected chi connectivity index (χ1v) is 11.2. The summed E-state index contributed by atoms with van der Waals surface area (Å²) < 4.78 is 5.45. The van der Waals surface area contributed by atoms with E-state index in [4.69, 9.17) is 0 Å². The number of hydrogen-bond acceptors (Lipinski definition) is 9. The Hall–Kier alpha value is -4.19. The molecule has 0 unspecified atom stereocenters. The highest BCUT2D eigenvalue weighted by Crippen LogP contribution is 2.28. The monoisotopic (exact) mass is 477 g/mol. The number of carboxylic acids is 1. The second kappa shape index (κ2) is 8.30. The van der Waals surface area contributed by atoms with Crippen molar-refractivity contribution in [2.75, 3.05) is 23.3 Å². The number of hydrogen-bond donors (Lipinski definition) is 2. The second-order valence-corrected chi connectivity index (χ2v) is 8.78. The Balaban J connectivity index is 1.46. The van der Waals surface area contributed by atoms with Gasteiger partial charge in [0.25, 0.3) is 0 Å². The van der Waals surface area contributed by atoms with Crippen molar-refractivity contribution in [3.8, 4) is 5.13 Å². The molecule has 12 heteroatoms. The van der Waals surface area contributed by atoms with E-state index < -0.39 is 11.4 Å². The lowest BCUT2D eigenvalue weighted by atomic mass is 9.98. The van der Waals surface area contributed by atoms with Crippen molar-refractivity contribution >= 4 is 46.1 Å². The highest BCUT2D eigenvalue weighted by atomic mass is 32.1. The molecule has 0 spiro atoms. The van der Waals surface area contributed by atoms with E-state index in [9.17, 15) is 19.5 Å². The molecule has 1 amide bonds. The fraction of sp³-hybridized carbons (Fsp3) is 0.227. The third-order valence-corrected chi connectivity index (χ3v) is 6.31. The van der Waals surface area contributed by atoms with Gasteiger partial charge in [-0.25, -0.2) is 19.7 Å². The van der Waals surface area contributed by atoms with Crippen LogP contribution in [0.25, 0.3) is 16.2 Å². The van der Waals surface area contributed by atoms with Gasteiger partial charge in [-0.2, -0.15) is 4.37 Å². The van der Waals surface area contributed by atoms with Crippen LogP contribution < -0.4 is 15.6 Å². The van der Waals surface area contributed by atoms with Crippen LogP contribution in [0.4, 0.5) is 11.6 Å². The minimum absolute atomic E-state index is 0.122. The van der Waals surface area contributed by atoms with E-state index in [1.807, 2.05) is 24.0 Å². The molecule has 5 rings (SSSR count). The molecule has 172 valence electrons. The molecule has 0 aliphatic carbocycles. The molecule has 0 radical (unpaired) electrons. The predicted octanol–water partition coefficient (Wildman–Crippen LogP) is 2.02. The Morgan fingerprint density at radius 3 is 2.68 bits per heavy atom. The minimum Gasteiger partial charge on any atom is -0.477 e. The predicted molar refractivity (Wildman–Crippen MR) is 126 cm³/mol. The van der Waals surface area contributed by atoms with E-state index in [2.05, 4.69) is 24.6 Å². The zero-order valence-electron chi connectivity index (χ0n) is 18.2. The number of rotatable bonds is 5. The number of carboxylic acid groups (broad SMARTS) is 1. The van der Waals surface area contributed by atoms with Gasteiger partial charge in [0.1, 0.15) is 23.5 Å². The largest absolute Gasteiger partial charge is 0.477 e. The smallest absolute Gasteiger partial charge is 0.341 e. The van der Waals surface area contributed by atoms with Crippen LogP contribution in [0.2, 0.25) is 0 Å². The highest BCUT2D eigenvalue weighted by molar-refractivity contribution is 7.08. The molecule has 1 aliphatic heterocycles. The standard InChI is InChI=1S/C22H19N7O4S/c1-11-6-16(28-7-13(8-28)20(31)26-15-5-3-4-12(2)25-15)27-19-17(11)18(30)14(21(32)33)9-29(19)22-23-10-24-34-22/h3-6,9-10,13H,7-8H2,1-2H3,(H,32,33)(H,25,26,31). The summed E-state index contributed by atoms with van der Waals surface area (Å²) in [6.07, 6.45) is 2.58. The maximum atomic E-state index is 12.9. The van der Waals surface area contributed by atoms with Gasteiger partial charge < -0.3 is 15.3 Å². The number of fused-ring (bicyclic) bond motifs is 1. The van der Waals surface area contributed by atoms with Crippen molar-refractivity contribution in [1.29, 1.82) is 0 Å². The van der Waals surface area contributed by atoms with Crippen molar-refractivity contribution in [1.82, 2.24) is 23.9 Å². The van der Waals surface area contributed by atoms with Gasteiger partial charge in [0.15, 0.2) is 5.65 Å². The van der Waals surface area contributed by atoms with E-state index in [-0.39, 0.29) is 22.8 Å². The molecule has 0 aromatic carbocycles. The zero-order chi connectivity index (χ0) is 24.0. The topological polar surface area (TPSA) is 143 Å². The van der Waals surface area contributed by atoms with Gasteiger partial charge in [-0.3, -0.25) is 14.2 Å². The van der Waals surface area contributed by atoms with Crippen LogP contribution in [0.15, 0.2) is 41.6 Å². The molecule has 1 aliphatic rings. The van der Waals surface area contributed by atoms with Crippen molar-refractivity contribution < 1.29 is 14.7 Å². The molecule has 4 aromatic rings. The van der Waals surface area contributed by atoms with Crippen LogP contribution in [-0.4, -0.2) is 54.0 Å². The van der Waals surface area contributed by atoms with Crippen LogP contribution in [0.3, 0.4) is 0 Å². The Labute approximate surface area is 196 Å². The van der Waals surface area contributed by atoms with Crippen molar-refractivity contribution in [2.24, 2.45) is 5.92 Å². The van der Waals surface area contributed by atoms with Gasteiger partial charge in [-0.1, -0.05) is 6.07 Å². The summed E-state index contributed by atoms with van der Waals surface area (Å²) >= 11 is 1.06. The first-order valence-electron chi connectivity index (χ1n) is 10.4. The van der Waals surface area contributed by atoms with E-state index in [1.54, 1.807) is 19.1 Å². The molecule has 0 atom stereocenters. The van der Waals surface area contributed by atoms with E-state index in [0.29, 0.717) is 41.1 Å². The summed E-state index contributed by atoms with van der Waals surface area (Å²) in [6.45, 7) is 4.49. The van der Waals surface area contributed by atoms with Gasteiger partial charge in [0.05, 0.1) is 11.3 Å². The molecule has 1 fully saturated rings. The number of nitrogens with one attached hydrogen (secondary N) is 1. The molecule has 2 N–H and O–H groups in total. The third kappa shape index (κ3) is 3.77. The lowest BCUT2D eigenvalue weighted by Crippen LogP contribution is -2.52. The zero-order valence-corrected chi connectivity index (χ0v) is 19.0. The number of aromatic nitrogens is 5. The van der Waals surface area contributed by atoms with Gasteiger partial charge in [-0.05, 0) is 37.6 Å². The number of aryl methyl sites for hydroxylation is 2. The fourth-order valence-corrected chi connectivity index (χ4v) is 4.39. The molecule has 0 bridgehead atoms. The molecule has 4 aromatic heterocycles. The lowest BCUT2D eigenvalue weighted by Gasteiger charge is -2.39. The molecule has 5 heterocycles. The first-order chi connectivity index (χ1) is 16.3. The molecular weight excluding hydrogens is 458 g/mol. The van der Waals surface area contributed by atoms with Crippen LogP contribution in [0.5, 0.6) is 0 Å².